The third kappa shape index (κ3) is 5.51. The van der Waals surface area contributed by atoms with E-state index in [1.807, 2.05) is 0 Å². The van der Waals surface area contributed by atoms with Gasteiger partial charge in [-0.2, -0.15) is 0 Å². The van der Waals surface area contributed by atoms with Crippen molar-refractivity contribution in [3.05, 3.63) is 0 Å². The molecule has 0 spiro atoms. The molecular formula is C17H35N3O. The van der Waals surface area contributed by atoms with Crippen molar-refractivity contribution >= 4 is 0 Å². The molecule has 0 aliphatic carbocycles. The molecule has 124 valence electrons. The molecule has 1 unspecified atom stereocenters. The van der Waals surface area contributed by atoms with Gasteiger partial charge >= 0.3 is 0 Å². The fourth-order valence-corrected chi connectivity index (χ4v) is 3.48. The highest BCUT2D eigenvalue weighted by atomic mass is 16.5. The maximum absolute atomic E-state index is 6.03. The van der Waals surface area contributed by atoms with Crippen LogP contribution < -0.4 is 5.32 Å². The Bertz CT molecular complexity index is 290. The van der Waals surface area contributed by atoms with Gasteiger partial charge in [0.2, 0.25) is 0 Å². The Balaban J connectivity index is 1.83. The Morgan fingerprint density at radius 3 is 2.48 bits per heavy atom. The summed E-state index contributed by atoms with van der Waals surface area (Å²) in [6.45, 7) is 17.0. The Hall–Kier alpha value is -0.160. The van der Waals surface area contributed by atoms with Gasteiger partial charge in [0.15, 0.2) is 0 Å². The summed E-state index contributed by atoms with van der Waals surface area (Å²) in [7, 11) is 0. The van der Waals surface area contributed by atoms with Gasteiger partial charge in [-0.1, -0.05) is 0 Å². The number of morpholine rings is 1. The van der Waals surface area contributed by atoms with Crippen LogP contribution in [0.15, 0.2) is 0 Å². The van der Waals surface area contributed by atoms with Crippen molar-refractivity contribution in [1.29, 1.82) is 0 Å². The van der Waals surface area contributed by atoms with Crippen molar-refractivity contribution in [3.63, 3.8) is 0 Å². The van der Waals surface area contributed by atoms with Crippen LogP contribution in [0.5, 0.6) is 0 Å². The van der Waals surface area contributed by atoms with E-state index in [1.165, 1.54) is 32.5 Å². The molecule has 2 rings (SSSR count). The van der Waals surface area contributed by atoms with Crippen LogP contribution in [-0.4, -0.2) is 73.9 Å². The molecule has 2 aliphatic rings. The number of ether oxygens (including phenoxy) is 1. The molecule has 4 heteroatoms. The van der Waals surface area contributed by atoms with Crippen molar-refractivity contribution in [2.24, 2.45) is 5.92 Å². The standard InChI is InChI=1S/C17H35N3O/c1-14(2)19-9-10-21-17(12-19)13-20(15(3)4)11-16-5-7-18-8-6-16/h14-18H,5-13H2,1-4H3. The van der Waals surface area contributed by atoms with Crippen molar-refractivity contribution in [3.8, 4) is 0 Å². The number of rotatable bonds is 6. The largest absolute Gasteiger partial charge is 0.374 e. The first-order valence-electron chi connectivity index (χ1n) is 8.86. The number of nitrogens with one attached hydrogen (secondary N) is 1. The lowest BCUT2D eigenvalue weighted by Crippen LogP contribution is -2.51. The Labute approximate surface area is 131 Å². The van der Waals surface area contributed by atoms with E-state index in [1.54, 1.807) is 0 Å². The minimum Gasteiger partial charge on any atom is -0.374 e. The van der Waals surface area contributed by atoms with Crippen LogP contribution in [0.3, 0.4) is 0 Å². The molecule has 1 atom stereocenters. The summed E-state index contributed by atoms with van der Waals surface area (Å²) in [4.78, 5) is 5.20. The van der Waals surface area contributed by atoms with Gasteiger partial charge in [0, 0.05) is 38.3 Å². The predicted molar refractivity (Wildman–Crippen MR) is 88.8 cm³/mol. The molecule has 0 aromatic rings. The van der Waals surface area contributed by atoms with Gasteiger partial charge in [0.1, 0.15) is 0 Å². The highest BCUT2D eigenvalue weighted by Crippen LogP contribution is 2.17. The van der Waals surface area contributed by atoms with Crippen LogP contribution in [0.4, 0.5) is 0 Å². The predicted octanol–water partition coefficient (Wildman–Crippen LogP) is 1.81. The smallest absolute Gasteiger partial charge is 0.0829 e. The highest BCUT2D eigenvalue weighted by molar-refractivity contribution is 4.80. The first-order valence-corrected chi connectivity index (χ1v) is 8.86. The van der Waals surface area contributed by atoms with E-state index in [9.17, 15) is 0 Å². The Morgan fingerprint density at radius 2 is 1.86 bits per heavy atom. The molecule has 0 saturated carbocycles. The van der Waals surface area contributed by atoms with E-state index in [0.29, 0.717) is 18.2 Å². The zero-order valence-corrected chi connectivity index (χ0v) is 14.5. The van der Waals surface area contributed by atoms with Gasteiger partial charge in [-0.15, -0.1) is 0 Å². The first kappa shape index (κ1) is 17.2. The van der Waals surface area contributed by atoms with Gasteiger partial charge in [-0.05, 0) is 59.5 Å². The summed E-state index contributed by atoms with van der Waals surface area (Å²) in [5.41, 5.74) is 0. The molecule has 2 heterocycles. The second-order valence-corrected chi connectivity index (χ2v) is 7.32. The summed E-state index contributed by atoms with van der Waals surface area (Å²) < 4.78 is 6.03. The Kier molecular flexibility index (Phi) is 6.93. The minimum absolute atomic E-state index is 0.380. The quantitative estimate of drug-likeness (QED) is 0.809. The third-order valence-corrected chi connectivity index (χ3v) is 5.02. The van der Waals surface area contributed by atoms with Crippen LogP contribution in [0.2, 0.25) is 0 Å². The molecule has 0 amide bonds. The monoisotopic (exact) mass is 297 g/mol. The number of hydrogen-bond acceptors (Lipinski definition) is 4. The molecule has 0 aromatic carbocycles. The molecule has 0 aromatic heterocycles. The van der Waals surface area contributed by atoms with Crippen molar-refractivity contribution in [2.45, 2.75) is 58.7 Å². The molecule has 0 bridgehead atoms. The van der Waals surface area contributed by atoms with E-state index in [4.69, 9.17) is 4.74 Å². The summed E-state index contributed by atoms with van der Waals surface area (Å²) in [5, 5.41) is 3.47. The lowest BCUT2D eigenvalue weighted by Gasteiger charge is -2.40. The zero-order chi connectivity index (χ0) is 15.2. The van der Waals surface area contributed by atoms with Gasteiger partial charge in [0.25, 0.3) is 0 Å². The summed E-state index contributed by atoms with van der Waals surface area (Å²) in [6, 6.07) is 1.24. The molecule has 2 saturated heterocycles. The molecule has 0 radical (unpaired) electrons. The lowest BCUT2D eigenvalue weighted by molar-refractivity contribution is -0.0574. The van der Waals surface area contributed by atoms with Gasteiger partial charge in [-0.3, -0.25) is 9.80 Å². The average molecular weight is 297 g/mol. The van der Waals surface area contributed by atoms with E-state index in [2.05, 4.69) is 42.8 Å². The van der Waals surface area contributed by atoms with Gasteiger partial charge < -0.3 is 10.1 Å². The number of hydrogen-bond donors (Lipinski definition) is 1. The molecule has 2 fully saturated rings. The third-order valence-electron chi connectivity index (χ3n) is 5.02. The second kappa shape index (κ2) is 8.47. The van der Waals surface area contributed by atoms with E-state index in [-0.39, 0.29) is 0 Å². The fourth-order valence-electron chi connectivity index (χ4n) is 3.48. The van der Waals surface area contributed by atoms with Crippen LogP contribution in [0, 0.1) is 5.92 Å². The van der Waals surface area contributed by atoms with Crippen LogP contribution in [0.1, 0.15) is 40.5 Å². The van der Waals surface area contributed by atoms with E-state index < -0.39 is 0 Å². The van der Waals surface area contributed by atoms with Crippen molar-refractivity contribution < 1.29 is 4.74 Å². The molecule has 2 aliphatic heterocycles. The summed E-state index contributed by atoms with van der Waals surface area (Å²) in [6.07, 6.45) is 3.03. The maximum Gasteiger partial charge on any atom is 0.0829 e. The fraction of sp³-hybridized carbons (Fsp3) is 1.00. The maximum atomic E-state index is 6.03. The molecule has 4 nitrogen and oxygen atoms in total. The molecule has 21 heavy (non-hydrogen) atoms. The van der Waals surface area contributed by atoms with Crippen LogP contribution in [-0.2, 0) is 4.74 Å². The SMILES string of the molecule is CC(C)N1CCOC(CN(CC2CCNCC2)C(C)C)C1. The summed E-state index contributed by atoms with van der Waals surface area (Å²) in [5.74, 6) is 0.860. The average Bonchev–Trinajstić information content (AvgIpc) is 2.48. The van der Waals surface area contributed by atoms with E-state index in [0.717, 1.165) is 32.2 Å². The Morgan fingerprint density at radius 1 is 1.14 bits per heavy atom. The van der Waals surface area contributed by atoms with Crippen molar-refractivity contribution in [1.82, 2.24) is 15.1 Å². The summed E-state index contributed by atoms with van der Waals surface area (Å²) >= 11 is 0. The minimum atomic E-state index is 0.380. The molecular weight excluding hydrogens is 262 g/mol. The normalized spacial score (nSPS) is 26.1. The van der Waals surface area contributed by atoms with E-state index >= 15 is 0 Å². The van der Waals surface area contributed by atoms with Gasteiger partial charge in [0.05, 0.1) is 12.7 Å². The van der Waals surface area contributed by atoms with Crippen LogP contribution in [0.25, 0.3) is 0 Å². The lowest BCUT2D eigenvalue weighted by atomic mass is 9.97. The first-order chi connectivity index (χ1) is 10.1. The van der Waals surface area contributed by atoms with Gasteiger partial charge in [-0.25, -0.2) is 0 Å². The second-order valence-electron chi connectivity index (χ2n) is 7.32. The zero-order valence-electron chi connectivity index (χ0n) is 14.5. The number of nitrogens with zero attached hydrogens (tertiary/aromatic N) is 2. The van der Waals surface area contributed by atoms with Crippen LogP contribution >= 0.6 is 0 Å². The highest BCUT2D eigenvalue weighted by Gasteiger charge is 2.26. The number of piperidine rings is 1. The topological polar surface area (TPSA) is 27.7 Å². The molecule has 1 N–H and O–H groups in total. The van der Waals surface area contributed by atoms with Crippen molar-refractivity contribution in [2.75, 3.05) is 45.9 Å².